The first-order valence-electron chi connectivity index (χ1n) is 7.52. The minimum Gasteiger partial charge on any atom is -0.462 e. The Kier molecular flexibility index (Phi) is 6.36. The average Bonchev–Trinajstić information content (AvgIpc) is 2.81. The van der Waals surface area contributed by atoms with Crippen molar-refractivity contribution in [3.8, 4) is 0 Å². The first-order chi connectivity index (χ1) is 11.2. The first-order valence-corrected chi connectivity index (χ1v) is 9.21. The molecular formula is C15H20Cl2N2O4S. The summed E-state index contributed by atoms with van der Waals surface area (Å²) < 4.78 is 10.9. The number of carbonyl (C=O) groups excluding carboxylic acids is 2. The summed E-state index contributed by atoms with van der Waals surface area (Å²) in [5.74, 6) is -0.449. The highest BCUT2D eigenvalue weighted by atomic mass is 35.5. The molecule has 0 atom stereocenters. The number of rotatable bonds is 5. The number of fused-ring (bicyclic) bond motifs is 1. The molecule has 1 aromatic heterocycles. The molecule has 0 aliphatic carbocycles. The maximum Gasteiger partial charge on any atom is 0.341 e. The number of hydrogen-bond acceptors (Lipinski definition) is 5. The van der Waals surface area contributed by atoms with E-state index in [9.17, 15) is 9.59 Å². The van der Waals surface area contributed by atoms with Crippen molar-refractivity contribution in [2.24, 2.45) is 0 Å². The van der Waals surface area contributed by atoms with E-state index in [0.29, 0.717) is 23.6 Å². The van der Waals surface area contributed by atoms with Crippen molar-refractivity contribution in [2.75, 3.05) is 18.5 Å². The van der Waals surface area contributed by atoms with Gasteiger partial charge in [0, 0.05) is 17.8 Å². The minimum absolute atomic E-state index is 0.102. The molecule has 24 heavy (non-hydrogen) atoms. The molecule has 0 unspecified atom stereocenters. The second kappa shape index (κ2) is 7.91. The van der Waals surface area contributed by atoms with Gasteiger partial charge in [0.15, 0.2) is 0 Å². The van der Waals surface area contributed by atoms with Crippen LogP contribution < -0.4 is 10.6 Å². The lowest BCUT2D eigenvalue weighted by Crippen LogP contribution is -2.33. The van der Waals surface area contributed by atoms with Gasteiger partial charge in [0.2, 0.25) is 0 Å². The van der Waals surface area contributed by atoms with Crippen LogP contribution in [0.25, 0.3) is 0 Å². The molecule has 0 radical (unpaired) electrons. The minimum atomic E-state index is -0.703. The molecule has 0 spiro atoms. The number of ether oxygens (including phenoxy) is 2. The van der Waals surface area contributed by atoms with Gasteiger partial charge in [-0.2, -0.15) is 0 Å². The summed E-state index contributed by atoms with van der Waals surface area (Å²) in [6.45, 7) is 6.42. The van der Waals surface area contributed by atoms with Crippen LogP contribution in [0, 0.1) is 0 Å². The van der Waals surface area contributed by atoms with E-state index in [0.717, 1.165) is 10.4 Å². The largest absolute Gasteiger partial charge is 0.462 e. The van der Waals surface area contributed by atoms with Crippen molar-refractivity contribution >= 4 is 51.5 Å². The highest BCUT2D eigenvalue weighted by Gasteiger charge is 2.34. The maximum absolute atomic E-state index is 12.4. The average molecular weight is 395 g/mol. The lowest BCUT2D eigenvalue weighted by Gasteiger charge is -2.30. The summed E-state index contributed by atoms with van der Waals surface area (Å²) in [6, 6.07) is -0.481. The maximum atomic E-state index is 12.4. The molecule has 0 saturated carbocycles. The van der Waals surface area contributed by atoms with Gasteiger partial charge in [-0.25, -0.2) is 9.59 Å². The predicted octanol–water partition coefficient (Wildman–Crippen LogP) is 3.70. The number of thiophene rings is 1. The van der Waals surface area contributed by atoms with Gasteiger partial charge < -0.3 is 14.8 Å². The van der Waals surface area contributed by atoms with Crippen LogP contribution in [-0.2, 0) is 22.5 Å². The van der Waals surface area contributed by atoms with E-state index >= 15 is 0 Å². The molecule has 1 aromatic rings. The van der Waals surface area contributed by atoms with Gasteiger partial charge in [-0.15, -0.1) is 34.5 Å². The van der Waals surface area contributed by atoms with E-state index in [1.165, 1.54) is 11.3 Å². The summed E-state index contributed by atoms with van der Waals surface area (Å²) in [7, 11) is 0. The molecule has 1 aliphatic rings. The fourth-order valence-corrected chi connectivity index (χ4v) is 3.65. The van der Waals surface area contributed by atoms with Gasteiger partial charge in [0.25, 0.3) is 0 Å². The van der Waals surface area contributed by atoms with Crippen LogP contribution in [-0.4, -0.2) is 35.6 Å². The molecule has 6 nitrogen and oxygen atoms in total. The Labute approximate surface area is 154 Å². The summed E-state index contributed by atoms with van der Waals surface area (Å²) >= 11 is 12.5. The number of esters is 1. The fraction of sp³-hybridized carbons (Fsp3) is 0.600. The Balaban J connectivity index is 2.28. The van der Waals surface area contributed by atoms with Crippen LogP contribution >= 0.6 is 34.5 Å². The van der Waals surface area contributed by atoms with Crippen molar-refractivity contribution in [3.63, 3.8) is 0 Å². The zero-order chi connectivity index (χ0) is 17.9. The van der Waals surface area contributed by atoms with Crippen LogP contribution in [0.3, 0.4) is 0 Å². The molecule has 134 valence electrons. The van der Waals surface area contributed by atoms with Crippen molar-refractivity contribution in [1.82, 2.24) is 5.32 Å². The van der Waals surface area contributed by atoms with E-state index in [1.807, 2.05) is 13.8 Å². The van der Waals surface area contributed by atoms with Crippen molar-refractivity contribution in [1.29, 1.82) is 0 Å². The molecule has 9 heteroatoms. The molecular weight excluding hydrogens is 375 g/mol. The quantitative estimate of drug-likeness (QED) is 0.589. The van der Waals surface area contributed by atoms with Crippen LogP contribution in [0.2, 0.25) is 0 Å². The molecule has 0 bridgehead atoms. The number of hydrogen-bond donors (Lipinski definition) is 2. The number of urea groups is 1. The number of anilines is 1. The summed E-state index contributed by atoms with van der Waals surface area (Å²) in [5.41, 5.74) is 0.897. The van der Waals surface area contributed by atoms with E-state index in [-0.39, 0.29) is 18.8 Å². The lowest BCUT2D eigenvalue weighted by atomic mass is 9.93. The van der Waals surface area contributed by atoms with Crippen molar-refractivity contribution in [3.05, 3.63) is 16.0 Å². The SMILES string of the molecule is CCOC(=O)c1c(NC(=O)NCC(Cl)Cl)sc2c1CC(C)(C)OC2. The molecule has 2 amide bonds. The van der Waals surface area contributed by atoms with Crippen molar-refractivity contribution in [2.45, 2.75) is 44.2 Å². The molecule has 0 fully saturated rings. The molecule has 0 aromatic carbocycles. The predicted molar refractivity (Wildman–Crippen MR) is 95.4 cm³/mol. The van der Waals surface area contributed by atoms with Gasteiger partial charge in [-0.3, -0.25) is 5.32 Å². The van der Waals surface area contributed by atoms with Gasteiger partial charge >= 0.3 is 12.0 Å². The molecule has 2 N–H and O–H groups in total. The number of nitrogens with one attached hydrogen (secondary N) is 2. The highest BCUT2D eigenvalue weighted by molar-refractivity contribution is 7.17. The van der Waals surface area contributed by atoms with E-state index in [4.69, 9.17) is 32.7 Å². The Morgan fingerprint density at radius 2 is 2.12 bits per heavy atom. The fourth-order valence-electron chi connectivity index (χ4n) is 2.38. The summed E-state index contributed by atoms with van der Waals surface area (Å²) in [6.07, 6.45) is 0.571. The second-order valence-corrected chi connectivity index (χ2v) is 8.26. The van der Waals surface area contributed by atoms with E-state index in [2.05, 4.69) is 10.6 Å². The topological polar surface area (TPSA) is 76.7 Å². The Morgan fingerprint density at radius 1 is 1.42 bits per heavy atom. The lowest BCUT2D eigenvalue weighted by molar-refractivity contribution is -0.0384. The number of alkyl halides is 2. The zero-order valence-electron chi connectivity index (χ0n) is 13.7. The molecule has 1 aliphatic heterocycles. The standard InChI is InChI=1S/C15H20Cl2N2O4S/c1-4-22-13(20)11-8-5-15(2,3)23-7-9(8)24-12(11)19-14(21)18-6-10(16)17/h10H,4-7H2,1-3H3,(H2,18,19,21). The smallest absolute Gasteiger partial charge is 0.341 e. The first kappa shape index (κ1) is 19.3. The van der Waals surface area contributed by atoms with E-state index in [1.54, 1.807) is 6.92 Å². The number of carbonyl (C=O) groups is 2. The third-order valence-electron chi connectivity index (χ3n) is 3.41. The zero-order valence-corrected chi connectivity index (χ0v) is 16.0. The number of amides is 2. The normalized spacial score (nSPS) is 15.8. The Bertz CT molecular complexity index is 631. The molecule has 2 rings (SSSR count). The third-order valence-corrected chi connectivity index (χ3v) is 4.84. The van der Waals surface area contributed by atoms with Gasteiger partial charge in [0.05, 0.1) is 24.4 Å². The van der Waals surface area contributed by atoms with Gasteiger partial charge in [-0.1, -0.05) is 0 Å². The van der Waals surface area contributed by atoms with Crippen LogP contribution in [0.4, 0.5) is 9.80 Å². The highest BCUT2D eigenvalue weighted by Crippen LogP contribution is 2.40. The van der Waals surface area contributed by atoms with Gasteiger partial charge in [0.1, 0.15) is 9.84 Å². The summed E-state index contributed by atoms with van der Waals surface area (Å²) in [4.78, 5) is 24.6. The van der Waals surface area contributed by atoms with Crippen LogP contribution in [0.5, 0.6) is 0 Å². The second-order valence-electron chi connectivity index (χ2n) is 5.88. The van der Waals surface area contributed by atoms with Crippen LogP contribution in [0.1, 0.15) is 41.6 Å². The molecule has 2 heterocycles. The Hall–Kier alpha value is -1.02. The van der Waals surface area contributed by atoms with Gasteiger partial charge in [-0.05, 0) is 26.3 Å². The molecule has 0 saturated heterocycles. The summed E-state index contributed by atoms with van der Waals surface area (Å²) in [5, 5.41) is 5.66. The van der Waals surface area contributed by atoms with Crippen LogP contribution in [0.15, 0.2) is 0 Å². The number of halogens is 2. The monoisotopic (exact) mass is 394 g/mol. The van der Waals surface area contributed by atoms with E-state index < -0.39 is 16.8 Å². The Morgan fingerprint density at radius 3 is 2.75 bits per heavy atom. The third kappa shape index (κ3) is 4.75. The van der Waals surface area contributed by atoms with Crippen molar-refractivity contribution < 1.29 is 19.1 Å².